The van der Waals surface area contributed by atoms with E-state index in [1.54, 1.807) is 0 Å². The van der Waals surface area contributed by atoms with Crippen molar-refractivity contribution in [3.63, 3.8) is 0 Å². The van der Waals surface area contributed by atoms with Crippen molar-refractivity contribution in [3.8, 4) is 0 Å². The van der Waals surface area contributed by atoms with E-state index >= 15 is 0 Å². The molecule has 1 aliphatic heterocycles. The Morgan fingerprint density at radius 1 is 1.17 bits per heavy atom. The van der Waals surface area contributed by atoms with Gasteiger partial charge in [-0.2, -0.15) is 13.2 Å². The molecular weight excluding hydrogens is 317 g/mol. The molecule has 1 aliphatic rings. The highest BCUT2D eigenvalue weighted by atomic mass is 19.4. The molecule has 1 fully saturated rings. The highest BCUT2D eigenvalue weighted by molar-refractivity contribution is 5.94. The molecule has 1 aromatic rings. The number of halogens is 3. The van der Waals surface area contributed by atoms with Crippen LogP contribution in [0.5, 0.6) is 0 Å². The Hall–Kier alpha value is -1.56. The fourth-order valence-electron chi connectivity index (χ4n) is 3.24. The number of para-hydroxylation sites is 1. The normalized spacial score (nSPS) is 17.0. The Kier molecular flexibility index (Phi) is 6.27. The fourth-order valence-corrected chi connectivity index (χ4v) is 3.24. The van der Waals surface area contributed by atoms with Crippen LogP contribution >= 0.6 is 0 Å². The first-order valence-electron chi connectivity index (χ1n) is 8.54. The maximum absolute atomic E-state index is 12.5. The summed E-state index contributed by atoms with van der Waals surface area (Å²) in [4.78, 5) is 13.9. The van der Waals surface area contributed by atoms with Crippen molar-refractivity contribution in [2.45, 2.75) is 45.7 Å². The first kappa shape index (κ1) is 18.8. The van der Waals surface area contributed by atoms with Crippen molar-refractivity contribution >= 4 is 11.6 Å². The largest absolute Gasteiger partial charge is 0.401 e. The summed E-state index contributed by atoms with van der Waals surface area (Å²) in [6, 6.07) is 5.99. The number of likely N-dealkylation sites (tertiary alicyclic amines) is 1. The molecule has 24 heavy (non-hydrogen) atoms. The molecule has 0 aromatic heterocycles. The van der Waals surface area contributed by atoms with E-state index in [0.29, 0.717) is 25.9 Å². The van der Waals surface area contributed by atoms with E-state index in [4.69, 9.17) is 0 Å². The molecule has 0 radical (unpaired) electrons. The summed E-state index contributed by atoms with van der Waals surface area (Å²) in [6.07, 6.45) is -1.58. The van der Waals surface area contributed by atoms with Gasteiger partial charge in [0.2, 0.25) is 5.91 Å². The Morgan fingerprint density at radius 3 is 2.17 bits per heavy atom. The molecule has 1 heterocycles. The number of hydrogen-bond donors (Lipinski definition) is 1. The molecule has 0 saturated carbocycles. The van der Waals surface area contributed by atoms with Crippen LogP contribution < -0.4 is 5.32 Å². The van der Waals surface area contributed by atoms with Crippen molar-refractivity contribution in [3.05, 3.63) is 29.3 Å². The number of benzene rings is 1. The highest BCUT2D eigenvalue weighted by Crippen LogP contribution is 2.26. The number of aryl methyl sites for hydroxylation is 2. The van der Waals surface area contributed by atoms with Crippen molar-refractivity contribution in [1.82, 2.24) is 4.90 Å². The maximum atomic E-state index is 12.5. The van der Waals surface area contributed by atoms with Crippen LogP contribution in [0.25, 0.3) is 0 Å². The lowest BCUT2D eigenvalue weighted by Gasteiger charge is -2.31. The van der Waals surface area contributed by atoms with Crippen LogP contribution in [0.2, 0.25) is 0 Å². The molecule has 1 N–H and O–H groups in total. The van der Waals surface area contributed by atoms with Gasteiger partial charge >= 0.3 is 6.18 Å². The lowest BCUT2D eigenvalue weighted by Crippen LogP contribution is -2.42. The third-order valence-corrected chi connectivity index (χ3v) is 4.61. The molecule has 0 spiro atoms. The van der Waals surface area contributed by atoms with E-state index < -0.39 is 12.7 Å². The van der Waals surface area contributed by atoms with Gasteiger partial charge in [0, 0.05) is 11.6 Å². The molecule has 0 aliphatic carbocycles. The molecular formula is C18H25F3N2O. The molecule has 2 rings (SSSR count). The number of carbonyl (C=O) groups is 1. The second-order valence-electron chi connectivity index (χ2n) is 6.31. The van der Waals surface area contributed by atoms with E-state index in [0.717, 1.165) is 29.7 Å². The van der Waals surface area contributed by atoms with Gasteiger partial charge in [-0.25, -0.2) is 0 Å². The Balaban J connectivity index is 1.97. The lowest BCUT2D eigenvalue weighted by molar-refractivity contribution is -0.149. The molecule has 0 atom stereocenters. The van der Waals surface area contributed by atoms with Gasteiger partial charge in [0.1, 0.15) is 0 Å². The predicted octanol–water partition coefficient (Wildman–Crippen LogP) is 4.02. The number of rotatable bonds is 5. The molecule has 134 valence electrons. The molecule has 1 saturated heterocycles. The molecule has 6 heteroatoms. The van der Waals surface area contributed by atoms with Gasteiger partial charge in [-0.15, -0.1) is 0 Å². The van der Waals surface area contributed by atoms with Gasteiger partial charge in [-0.1, -0.05) is 32.0 Å². The summed E-state index contributed by atoms with van der Waals surface area (Å²) in [5, 5.41) is 3.03. The number of piperidine rings is 1. The summed E-state index contributed by atoms with van der Waals surface area (Å²) in [6.45, 7) is 3.82. The van der Waals surface area contributed by atoms with Crippen LogP contribution in [0, 0.1) is 5.92 Å². The van der Waals surface area contributed by atoms with E-state index in [2.05, 4.69) is 5.32 Å². The smallest absolute Gasteiger partial charge is 0.325 e. The topological polar surface area (TPSA) is 32.3 Å². The zero-order valence-corrected chi connectivity index (χ0v) is 14.2. The first-order valence-corrected chi connectivity index (χ1v) is 8.54. The lowest BCUT2D eigenvalue weighted by atomic mass is 9.95. The molecule has 1 amide bonds. The van der Waals surface area contributed by atoms with Crippen LogP contribution in [0.4, 0.5) is 18.9 Å². The van der Waals surface area contributed by atoms with Crippen LogP contribution in [-0.2, 0) is 17.6 Å². The number of amides is 1. The maximum Gasteiger partial charge on any atom is 0.401 e. The summed E-state index contributed by atoms with van der Waals surface area (Å²) in [5.41, 5.74) is 3.07. The SMILES string of the molecule is CCc1cccc(CC)c1NC(=O)C1CCN(CC(F)(F)F)CC1. The minimum atomic E-state index is -4.18. The molecule has 1 aromatic carbocycles. The average Bonchev–Trinajstić information content (AvgIpc) is 2.54. The number of nitrogens with zero attached hydrogens (tertiary/aromatic N) is 1. The van der Waals surface area contributed by atoms with Crippen LogP contribution in [0.1, 0.15) is 37.8 Å². The molecule has 3 nitrogen and oxygen atoms in total. The number of anilines is 1. The standard InChI is InChI=1S/C18H25F3N2O/c1-3-13-6-5-7-14(4-2)16(13)22-17(24)15-8-10-23(11-9-15)12-18(19,20)21/h5-7,15H,3-4,8-12H2,1-2H3,(H,22,24). The zero-order valence-electron chi connectivity index (χ0n) is 14.2. The van der Waals surface area contributed by atoms with Gasteiger partial charge in [0.05, 0.1) is 6.54 Å². The fraction of sp³-hybridized carbons (Fsp3) is 0.611. The van der Waals surface area contributed by atoms with Crippen LogP contribution in [0.15, 0.2) is 18.2 Å². The van der Waals surface area contributed by atoms with Crippen molar-refractivity contribution in [1.29, 1.82) is 0 Å². The summed E-state index contributed by atoms with van der Waals surface area (Å²) >= 11 is 0. The molecule has 0 bridgehead atoms. The van der Waals surface area contributed by atoms with E-state index in [1.165, 1.54) is 4.90 Å². The van der Waals surface area contributed by atoms with Crippen molar-refractivity contribution in [2.75, 3.05) is 25.0 Å². The zero-order chi connectivity index (χ0) is 17.7. The van der Waals surface area contributed by atoms with Gasteiger partial charge in [-0.3, -0.25) is 9.69 Å². The van der Waals surface area contributed by atoms with E-state index in [9.17, 15) is 18.0 Å². The van der Waals surface area contributed by atoms with Crippen LogP contribution in [-0.4, -0.2) is 36.6 Å². The predicted molar refractivity (Wildman–Crippen MR) is 89.0 cm³/mol. The highest BCUT2D eigenvalue weighted by Gasteiger charge is 2.34. The van der Waals surface area contributed by atoms with E-state index in [1.807, 2.05) is 32.0 Å². The third kappa shape index (κ3) is 4.97. The van der Waals surface area contributed by atoms with Gasteiger partial charge < -0.3 is 5.32 Å². The Bertz CT molecular complexity index is 542. The van der Waals surface area contributed by atoms with Gasteiger partial charge in [-0.05, 0) is 49.9 Å². The van der Waals surface area contributed by atoms with Crippen molar-refractivity contribution in [2.24, 2.45) is 5.92 Å². The number of alkyl halides is 3. The third-order valence-electron chi connectivity index (χ3n) is 4.61. The Morgan fingerprint density at radius 2 is 1.71 bits per heavy atom. The van der Waals surface area contributed by atoms with Gasteiger partial charge in [0.25, 0.3) is 0 Å². The number of hydrogen-bond acceptors (Lipinski definition) is 2. The minimum Gasteiger partial charge on any atom is -0.325 e. The second kappa shape index (κ2) is 8.01. The Labute approximate surface area is 141 Å². The average molecular weight is 342 g/mol. The first-order chi connectivity index (χ1) is 11.3. The monoisotopic (exact) mass is 342 g/mol. The van der Waals surface area contributed by atoms with Gasteiger partial charge in [0.15, 0.2) is 0 Å². The van der Waals surface area contributed by atoms with E-state index in [-0.39, 0.29) is 11.8 Å². The quantitative estimate of drug-likeness (QED) is 0.876. The summed E-state index contributed by atoms with van der Waals surface area (Å²) in [5.74, 6) is -0.290. The minimum absolute atomic E-state index is 0.0720. The van der Waals surface area contributed by atoms with Crippen molar-refractivity contribution < 1.29 is 18.0 Å². The summed E-state index contributed by atoms with van der Waals surface area (Å²) < 4.78 is 37.3. The second-order valence-corrected chi connectivity index (χ2v) is 6.31. The number of nitrogens with one attached hydrogen (secondary N) is 1. The molecule has 0 unspecified atom stereocenters. The van der Waals surface area contributed by atoms with Crippen LogP contribution in [0.3, 0.4) is 0 Å². The number of carbonyl (C=O) groups excluding carboxylic acids is 1. The summed E-state index contributed by atoms with van der Waals surface area (Å²) in [7, 11) is 0.